The summed E-state index contributed by atoms with van der Waals surface area (Å²) in [4.78, 5) is 30.5. The second-order valence-corrected chi connectivity index (χ2v) is 4.42. The molecule has 0 aliphatic heterocycles. The quantitative estimate of drug-likeness (QED) is 0.504. The first-order valence-electron chi connectivity index (χ1n) is 6.05. The summed E-state index contributed by atoms with van der Waals surface area (Å²) < 4.78 is 0. The molecule has 108 valence electrons. The number of aryl methyl sites for hydroxylation is 2. The van der Waals surface area contributed by atoms with Crippen LogP contribution in [0.2, 0.25) is 0 Å². The number of para-hydroxylation sites is 1. The van der Waals surface area contributed by atoms with Gasteiger partial charge in [-0.2, -0.15) is 0 Å². The summed E-state index contributed by atoms with van der Waals surface area (Å²) in [7, 11) is 0. The smallest absolute Gasteiger partial charge is 0.292 e. The molecule has 2 rings (SSSR count). The van der Waals surface area contributed by atoms with Crippen LogP contribution in [0.3, 0.4) is 0 Å². The van der Waals surface area contributed by atoms with Gasteiger partial charge in [-0.15, -0.1) is 0 Å². The molecule has 8 heteroatoms. The van der Waals surface area contributed by atoms with E-state index in [4.69, 9.17) is 5.73 Å². The summed E-state index contributed by atoms with van der Waals surface area (Å²) in [6.07, 6.45) is 0. The number of anilines is 2. The molecule has 21 heavy (non-hydrogen) atoms. The van der Waals surface area contributed by atoms with Crippen LogP contribution in [0.1, 0.15) is 21.7 Å². The Hall–Kier alpha value is -3.03. The molecular weight excluding hydrogens is 274 g/mol. The molecule has 1 aromatic carbocycles. The lowest BCUT2D eigenvalue weighted by atomic mass is 10.1. The van der Waals surface area contributed by atoms with Crippen molar-refractivity contribution in [3.63, 3.8) is 0 Å². The zero-order valence-electron chi connectivity index (χ0n) is 11.5. The highest BCUT2D eigenvalue weighted by Crippen LogP contribution is 2.25. The molecule has 0 fully saturated rings. The number of rotatable bonds is 3. The standard InChI is InChI=1S/C13H13N5O3/c1-7-6-8(2)16-13(15-7)17-12(19)9-4-3-5-10(11(9)14)18(20)21/h3-6H,14H2,1-2H3,(H,15,16,17,19). The SMILES string of the molecule is Cc1cc(C)nc(NC(=O)c2cccc([N+](=O)[O-])c2N)n1. The Balaban J connectivity index is 2.33. The molecule has 0 saturated carbocycles. The molecule has 1 amide bonds. The number of nitrogens with one attached hydrogen (secondary N) is 1. The summed E-state index contributed by atoms with van der Waals surface area (Å²) >= 11 is 0. The fraction of sp³-hybridized carbons (Fsp3) is 0.154. The Morgan fingerprint density at radius 1 is 1.29 bits per heavy atom. The van der Waals surface area contributed by atoms with Crippen molar-refractivity contribution >= 4 is 23.2 Å². The number of carbonyl (C=O) groups is 1. The van der Waals surface area contributed by atoms with Gasteiger partial charge in [-0.3, -0.25) is 20.2 Å². The Morgan fingerprint density at radius 2 is 1.90 bits per heavy atom. The van der Waals surface area contributed by atoms with E-state index in [-0.39, 0.29) is 22.9 Å². The Kier molecular flexibility index (Phi) is 3.79. The summed E-state index contributed by atoms with van der Waals surface area (Å²) in [6, 6.07) is 5.79. The molecule has 0 aliphatic rings. The number of amides is 1. The van der Waals surface area contributed by atoms with Gasteiger partial charge in [0.2, 0.25) is 5.95 Å². The Bertz CT molecular complexity index is 709. The van der Waals surface area contributed by atoms with E-state index in [0.717, 1.165) is 0 Å². The van der Waals surface area contributed by atoms with Crippen molar-refractivity contribution in [1.29, 1.82) is 0 Å². The first kappa shape index (κ1) is 14.4. The van der Waals surface area contributed by atoms with Crippen molar-refractivity contribution in [1.82, 2.24) is 9.97 Å². The van der Waals surface area contributed by atoms with Gasteiger partial charge in [0.05, 0.1) is 10.5 Å². The molecular formula is C13H13N5O3. The Labute approximate surface area is 120 Å². The lowest BCUT2D eigenvalue weighted by Crippen LogP contribution is -2.17. The maximum absolute atomic E-state index is 12.1. The van der Waals surface area contributed by atoms with Gasteiger partial charge in [0.1, 0.15) is 5.69 Å². The summed E-state index contributed by atoms with van der Waals surface area (Å²) in [5.41, 5.74) is 6.55. The molecule has 2 aromatic rings. The third-order valence-corrected chi connectivity index (χ3v) is 2.73. The Morgan fingerprint density at radius 3 is 2.48 bits per heavy atom. The molecule has 3 N–H and O–H groups in total. The number of nitro benzene ring substituents is 1. The average Bonchev–Trinajstić information content (AvgIpc) is 2.37. The van der Waals surface area contributed by atoms with Gasteiger partial charge in [-0.25, -0.2) is 9.97 Å². The van der Waals surface area contributed by atoms with Crippen LogP contribution in [0.4, 0.5) is 17.3 Å². The van der Waals surface area contributed by atoms with Crippen LogP contribution >= 0.6 is 0 Å². The molecule has 0 unspecified atom stereocenters. The van der Waals surface area contributed by atoms with E-state index in [1.807, 2.05) is 0 Å². The molecule has 0 aliphatic carbocycles. The van der Waals surface area contributed by atoms with Crippen molar-refractivity contribution in [2.75, 3.05) is 11.1 Å². The number of carbonyl (C=O) groups excluding carboxylic acids is 1. The minimum Gasteiger partial charge on any atom is -0.393 e. The highest BCUT2D eigenvalue weighted by molar-refractivity contribution is 6.08. The molecule has 0 bridgehead atoms. The molecule has 1 aromatic heterocycles. The van der Waals surface area contributed by atoms with Gasteiger partial charge in [0.25, 0.3) is 11.6 Å². The summed E-state index contributed by atoms with van der Waals surface area (Å²) in [5.74, 6) is -0.468. The first-order valence-corrected chi connectivity index (χ1v) is 6.05. The van der Waals surface area contributed by atoms with Crippen LogP contribution in [0.25, 0.3) is 0 Å². The average molecular weight is 287 g/mol. The van der Waals surface area contributed by atoms with Crippen molar-refractivity contribution in [2.45, 2.75) is 13.8 Å². The van der Waals surface area contributed by atoms with Crippen molar-refractivity contribution in [3.8, 4) is 0 Å². The van der Waals surface area contributed by atoms with Gasteiger partial charge in [-0.1, -0.05) is 6.07 Å². The van der Waals surface area contributed by atoms with Crippen LogP contribution < -0.4 is 11.1 Å². The number of benzene rings is 1. The highest BCUT2D eigenvalue weighted by Gasteiger charge is 2.19. The number of aromatic nitrogens is 2. The fourth-order valence-electron chi connectivity index (χ4n) is 1.86. The van der Waals surface area contributed by atoms with E-state index in [2.05, 4.69) is 15.3 Å². The number of hydrogen-bond donors (Lipinski definition) is 2. The van der Waals surface area contributed by atoms with Crippen LogP contribution in [0.5, 0.6) is 0 Å². The zero-order valence-corrected chi connectivity index (χ0v) is 11.5. The zero-order chi connectivity index (χ0) is 15.6. The van der Waals surface area contributed by atoms with E-state index >= 15 is 0 Å². The minimum absolute atomic E-state index is 0.00644. The third kappa shape index (κ3) is 3.11. The number of nitrogens with zero attached hydrogens (tertiary/aromatic N) is 3. The van der Waals surface area contributed by atoms with E-state index < -0.39 is 10.8 Å². The molecule has 0 radical (unpaired) electrons. The predicted molar refractivity (Wildman–Crippen MR) is 77.0 cm³/mol. The van der Waals surface area contributed by atoms with E-state index in [1.54, 1.807) is 19.9 Å². The molecule has 8 nitrogen and oxygen atoms in total. The van der Waals surface area contributed by atoms with Gasteiger partial charge < -0.3 is 5.73 Å². The van der Waals surface area contributed by atoms with Crippen LogP contribution in [-0.2, 0) is 0 Å². The van der Waals surface area contributed by atoms with Crippen LogP contribution in [0.15, 0.2) is 24.3 Å². The van der Waals surface area contributed by atoms with Crippen molar-refractivity contribution in [2.24, 2.45) is 0 Å². The predicted octanol–water partition coefficient (Wildman–Crippen LogP) is 1.84. The van der Waals surface area contributed by atoms with Gasteiger partial charge in [-0.05, 0) is 26.0 Å². The minimum atomic E-state index is -0.639. The second kappa shape index (κ2) is 5.53. The molecule has 0 atom stereocenters. The van der Waals surface area contributed by atoms with Gasteiger partial charge >= 0.3 is 0 Å². The normalized spacial score (nSPS) is 10.2. The largest absolute Gasteiger partial charge is 0.393 e. The van der Waals surface area contributed by atoms with Crippen molar-refractivity contribution in [3.05, 3.63) is 51.3 Å². The maximum Gasteiger partial charge on any atom is 0.292 e. The highest BCUT2D eigenvalue weighted by atomic mass is 16.6. The monoisotopic (exact) mass is 287 g/mol. The summed E-state index contributed by atoms with van der Waals surface area (Å²) in [5, 5.41) is 13.3. The number of nitro groups is 1. The van der Waals surface area contributed by atoms with Gasteiger partial charge in [0, 0.05) is 17.5 Å². The molecule has 0 spiro atoms. The molecule has 0 saturated heterocycles. The number of nitrogens with two attached hydrogens (primary N) is 1. The lowest BCUT2D eigenvalue weighted by molar-refractivity contribution is -0.383. The second-order valence-electron chi connectivity index (χ2n) is 4.42. The summed E-state index contributed by atoms with van der Waals surface area (Å²) in [6.45, 7) is 3.54. The third-order valence-electron chi connectivity index (χ3n) is 2.73. The maximum atomic E-state index is 12.1. The lowest BCUT2D eigenvalue weighted by Gasteiger charge is -2.07. The molecule has 1 heterocycles. The number of nitrogen functional groups attached to an aromatic ring is 1. The van der Waals surface area contributed by atoms with Crippen LogP contribution in [-0.4, -0.2) is 20.8 Å². The van der Waals surface area contributed by atoms with Crippen LogP contribution in [0, 0.1) is 24.0 Å². The van der Waals surface area contributed by atoms with E-state index in [0.29, 0.717) is 11.4 Å². The van der Waals surface area contributed by atoms with Gasteiger partial charge in [0.15, 0.2) is 0 Å². The van der Waals surface area contributed by atoms with E-state index in [9.17, 15) is 14.9 Å². The van der Waals surface area contributed by atoms with E-state index in [1.165, 1.54) is 18.2 Å². The fourth-order valence-corrected chi connectivity index (χ4v) is 1.86. The topological polar surface area (TPSA) is 124 Å². The van der Waals surface area contributed by atoms with Crippen molar-refractivity contribution < 1.29 is 9.72 Å². The number of hydrogen-bond acceptors (Lipinski definition) is 6. The first-order chi connectivity index (χ1) is 9.88.